The van der Waals surface area contributed by atoms with Gasteiger partial charge in [-0.1, -0.05) is 142 Å². The second-order valence-electron chi connectivity index (χ2n) is 35.3. The molecule has 3 saturated heterocycles. The number of hydrogen-bond donors (Lipinski definition) is 3. The standard InChI is InChI=1S/C33H30Cl3F2N7O2.2C33H30Cl2F3N7O2/c1-7-21(46)44-16(5)12-43(13-17(44)6)31-18-10-20(34)29(22-25(37)23(35)26(38)24(36)27(22)40)42-32(18)45(33(47)19(31)11-39)30-15(4)8-9-41-28(30)14(2)3;1-7-21(46)44-16(5)12-43(13-17(44)6)31-18-10-20(34)29(22-24(36)23(35)26(38)27(40)25(22)37)42-32(18)45(33(47)19(31)11-39)30-15(4)8-9-41-28(30)14(2)3;1-7-21(46)44-16(5)12-43(13-17(44)6)31-18-10-20(34)29(22-23(35)25(37)26(38)27(40)24(22)36)42-32(18)45(33(47)19(31)11-39)30-15(4)8-9-41-28(30)14(2)3/h3*7-10,14,16-17H,1,12-13,40H2,2-6H3/t3*16-,17+. The number of nitrogens with two attached hydrogens (primary N) is 3. The van der Waals surface area contributed by atoms with E-state index in [1.165, 1.54) is 50.1 Å². The van der Waals surface area contributed by atoms with Crippen LogP contribution in [0, 0.1) is 101 Å². The lowest BCUT2D eigenvalue weighted by atomic mass is 10.0. The Morgan fingerprint density at radius 3 is 0.943 bits per heavy atom. The van der Waals surface area contributed by atoms with Gasteiger partial charge < -0.3 is 46.6 Å². The van der Waals surface area contributed by atoms with Crippen LogP contribution in [0.4, 0.5) is 69.2 Å². The molecule has 0 aliphatic carbocycles. The van der Waals surface area contributed by atoms with Gasteiger partial charge in [0.25, 0.3) is 16.7 Å². The molecule has 0 saturated carbocycles. The molecule has 6 N–H and O–H groups in total. The molecule has 15 rings (SSSR count). The Hall–Kier alpha value is -13.4. The van der Waals surface area contributed by atoms with Gasteiger partial charge in [-0.05, 0) is 151 Å². The third-order valence-corrected chi connectivity index (χ3v) is 27.2. The fourth-order valence-corrected chi connectivity index (χ4v) is 20.4. The number of anilines is 6. The lowest BCUT2D eigenvalue weighted by Crippen LogP contribution is -2.58. The summed E-state index contributed by atoms with van der Waals surface area (Å²) in [6.07, 6.45) is 8.47. The molecule has 3 aromatic carbocycles. The molecular weight excluding hydrogens is 1980 g/mol. The Morgan fingerprint density at radius 1 is 0.383 bits per heavy atom. The Morgan fingerprint density at radius 2 is 0.652 bits per heavy atom. The molecule has 141 heavy (non-hydrogen) atoms. The van der Waals surface area contributed by atoms with Gasteiger partial charge in [-0.15, -0.1) is 0 Å². The molecule has 3 aliphatic heterocycles. The Bertz CT molecular complexity index is 6860. The van der Waals surface area contributed by atoms with E-state index in [9.17, 15) is 62.1 Å². The van der Waals surface area contributed by atoms with Crippen molar-refractivity contribution in [3.8, 4) is 69.0 Å². The summed E-state index contributed by atoms with van der Waals surface area (Å²) < 4.78 is 124. The summed E-state index contributed by atoms with van der Waals surface area (Å²) in [5.41, 5.74) is 13.3. The molecule has 0 spiro atoms. The van der Waals surface area contributed by atoms with Crippen LogP contribution in [0.25, 0.3) is 83.9 Å². The van der Waals surface area contributed by atoms with Gasteiger partial charge in [0.2, 0.25) is 17.7 Å². The van der Waals surface area contributed by atoms with Gasteiger partial charge in [0.05, 0.1) is 111 Å². The first-order valence-corrected chi connectivity index (χ1v) is 46.5. The third kappa shape index (κ3) is 18.2. The SMILES string of the molecule is C=CC(=O)N1[C@H](C)CN(c2c(C#N)c(=O)n(-c3c(C)ccnc3C(C)C)c3nc(-c4c(F)c(N)c(F)c(Cl)c4F)c(Cl)cc23)C[C@@H]1C.C=CC(=O)N1[C@H](C)CN(c2c(C#N)c(=O)n(-c3c(C)ccnc3C(C)C)c3nc(-c4c(F)c(N)c(F)c(F)c4Cl)c(Cl)cc23)C[C@@H]1C.C=CC(=O)N1[C@H](C)CN(c2c(C#N)c(=O)n(-c3c(C)ccnc3C(C)C)c3nc(-c4c(N)c(Cl)c(F)c(Cl)c4F)c(Cl)cc23)C[C@@H]1C. The molecule has 12 heterocycles. The van der Waals surface area contributed by atoms with Crippen molar-refractivity contribution < 1.29 is 49.5 Å². The predicted octanol–water partition coefficient (Wildman–Crippen LogP) is 20.5. The van der Waals surface area contributed by atoms with Gasteiger partial charge >= 0.3 is 0 Å². The van der Waals surface area contributed by atoms with E-state index in [0.717, 1.165) is 0 Å². The minimum absolute atomic E-state index is 0.00155. The number of pyridine rings is 9. The minimum Gasteiger partial charge on any atom is -0.397 e. The molecule has 27 nitrogen and oxygen atoms in total. The van der Waals surface area contributed by atoms with Crippen molar-refractivity contribution in [1.82, 2.24) is 58.3 Å². The van der Waals surface area contributed by atoms with Crippen LogP contribution in [-0.2, 0) is 14.4 Å². The molecule has 0 unspecified atom stereocenters. The minimum atomic E-state index is -1.67. The summed E-state index contributed by atoms with van der Waals surface area (Å²) in [4.78, 5) is 119. The van der Waals surface area contributed by atoms with Gasteiger partial charge in [0, 0.05) is 110 Å². The van der Waals surface area contributed by atoms with E-state index < -0.39 is 128 Å². The highest BCUT2D eigenvalue weighted by molar-refractivity contribution is 6.39. The molecule has 732 valence electrons. The molecule has 0 bridgehead atoms. The molecule has 3 fully saturated rings. The Labute approximate surface area is 838 Å². The average molecular weight is 2070 g/mol. The highest BCUT2D eigenvalue weighted by atomic mass is 35.5. The zero-order chi connectivity index (χ0) is 104. The first kappa shape index (κ1) is 105. The summed E-state index contributed by atoms with van der Waals surface area (Å²) in [7, 11) is 0. The maximum Gasteiger partial charge on any atom is 0.276 e. The number of benzene rings is 3. The van der Waals surface area contributed by atoms with Crippen molar-refractivity contribution in [2.75, 3.05) is 71.2 Å². The van der Waals surface area contributed by atoms with Crippen LogP contribution >= 0.6 is 81.2 Å². The largest absolute Gasteiger partial charge is 0.397 e. The number of halogens is 15. The summed E-state index contributed by atoms with van der Waals surface area (Å²) >= 11 is 44.2. The number of hydrogen-bond acceptors (Lipinski definition) is 21. The van der Waals surface area contributed by atoms with Crippen LogP contribution in [0.2, 0.25) is 35.2 Å². The fourth-order valence-electron chi connectivity index (χ4n) is 18.8. The lowest BCUT2D eigenvalue weighted by molar-refractivity contribution is -0.131. The quantitative estimate of drug-likeness (QED) is 0.0282. The number of amides is 3. The van der Waals surface area contributed by atoms with Crippen molar-refractivity contribution in [1.29, 1.82) is 15.8 Å². The van der Waals surface area contributed by atoms with E-state index in [4.69, 9.17) is 103 Å². The number of fused-ring (bicyclic) bond motifs is 3. The predicted molar refractivity (Wildman–Crippen MR) is 535 cm³/mol. The normalized spacial score (nSPS) is 16.6. The Kier molecular flexibility index (Phi) is 30.5. The fraction of sp³-hybridized carbons (Fsp3) is 0.303. The number of carbonyl (C=O) groups is 3. The highest BCUT2D eigenvalue weighted by Gasteiger charge is 2.42. The first-order chi connectivity index (χ1) is 66.5. The number of aromatic nitrogens is 9. The number of carbonyl (C=O) groups excluding carboxylic acids is 3. The van der Waals surface area contributed by atoms with Crippen LogP contribution in [0.3, 0.4) is 0 Å². The van der Waals surface area contributed by atoms with Crippen LogP contribution in [0.15, 0.2) is 107 Å². The third-order valence-electron chi connectivity index (χ3n) is 24.9. The maximum atomic E-state index is 15.6. The summed E-state index contributed by atoms with van der Waals surface area (Å²) in [5.74, 6) is -12.9. The average Bonchev–Trinajstić information content (AvgIpc) is 0.725. The topological polar surface area (TPSA) is 363 Å². The van der Waals surface area contributed by atoms with E-state index in [1.807, 2.05) is 88.0 Å². The molecule has 6 atom stereocenters. The van der Waals surface area contributed by atoms with E-state index in [-0.39, 0.29) is 199 Å². The van der Waals surface area contributed by atoms with E-state index >= 15 is 17.6 Å². The molecule has 0 radical (unpaired) electrons. The molecule has 12 aromatic rings. The zero-order valence-electron chi connectivity index (χ0n) is 78.4. The van der Waals surface area contributed by atoms with Crippen LogP contribution < -0.4 is 48.6 Å². The van der Waals surface area contributed by atoms with Crippen molar-refractivity contribution in [2.45, 2.75) is 158 Å². The second-order valence-corrected chi connectivity index (χ2v) is 38.1. The summed E-state index contributed by atoms with van der Waals surface area (Å²) in [6.45, 7) is 39.8. The van der Waals surface area contributed by atoms with Gasteiger partial charge in [-0.25, -0.2) is 50.1 Å². The number of nitriles is 3. The second kappa shape index (κ2) is 41.0. The summed E-state index contributed by atoms with van der Waals surface area (Å²) in [5, 5.41) is 28.0. The summed E-state index contributed by atoms with van der Waals surface area (Å²) in [6, 6.07) is 13.3. The van der Waals surface area contributed by atoms with Gasteiger partial charge in [0.15, 0.2) is 46.5 Å². The van der Waals surface area contributed by atoms with Crippen LogP contribution in [-0.4, -0.2) is 152 Å². The number of piperazine rings is 3. The van der Waals surface area contributed by atoms with Crippen molar-refractivity contribution in [2.24, 2.45) is 0 Å². The van der Waals surface area contributed by atoms with Gasteiger partial charge in [-0.3, -0.25) is 57.4 Å². The number of nitrogens with zero attached hydrogens (tertiary/aromatic N) is 18. The van der Waals surface area contributed by atoms with Gasteiger partial charge in [-0.2, -0.15) is 15.8 Å². The molecule has 42 heteroatoms. The number of rotatable bonds is 15. The van der Waals surface area contributed by atoms with Crippen molar-refractivity contribution in [3.05, 3.63) is 256 Å². The van der Waals surface area contributed by atoms with E-state index in [2.05, 4.69) is 62.9 Å². The maximum absolute atomic E-state index is 15.6. The molecule has 9 aromatic heterocycles. The number of nitrogen functional groups attached to an aromatic ring is 3. The lowest BCUT2D eigenvalue weighted by Gasteiger charge is -2.45. The Balaban J connectivity index is 0.000000178. The van der Waals surface area contributed by atoms with Crippen molar-refractivity contribution in [3.63, 3.8) is 0 Å². The molecule has 3 aliphatic rings. The first-order valence-electron chi connectivity index (χ1n) is 43.9. The van der Waals surface area contributed by atoms with Crippen LogP contribution in [0.5, 0.6) is 0 Å². The van der Waals surface area contributed by atoms with E-state index in [0.29, 0.717) is 50.8 Å². The monoisotopic (exact) mass is 2070 g/mol. The van der Waals surface area contributed by atoms with Gasteiger partial charge in [0.1, 0.15) is 78.3 Å². The van der Waals surface area contributed by atoms with Crippen molar-refractivity contribution >= 4 is 166 Å². The zero-order valence-corrected chi connectivity index (χ0v) is 83.7. The smallest absolute Gasteiger partial charge is 0.276 e. The highest BCUT2D eigenvalue weighted by Crippen LogP contribution is 2.49. The molecule has 3 amide bonds. The van der Waals surface area contributed by atoms with Crippen LogP contribution in [0.1, 0.15) is 151 Å². The van der Waals surface area contributed by atoms with E-state index in [1.54, 1.807) is 82.1 Å². The molecular formula is C99H90Cl7F8N21O6. The number of aryl methyl sites for hydroxylation is 3.